The Kier molecular flexibility index (Phi) is 8.40. The number of amidine groups is 1. The monoisotopic (exact) mass is 637 g/mol. The van der Waals surface area contributed by atoms with Gasteiger partial charge in [0, 0.05) is 39.6 Å². The molecule has 5 rings (SSSR count). The number of hydrogen-bond acceptors (Lipinski definition) is 8. The molecular weight excluding hydrogens is 603 g/mol. The van der Waals surface area contributed by atoms with Gasteiger partial charge in [-0.05, 0) is 46.9 Å². The zero-order valence-electron chi connectivity index (χ0n) is 24.6. The maximum atomic E-state index is 13.4. The van der Waals surface area contributed by atoms with Gasteiger partial charge in [0.05, 0.1) is 24.4 Å². The van der Waals surface area contributed by atoms with Gasteiger partial charge in [-0.3, -0.25) is 19.8 Å². The molecule has 3 aromatic rings. The van der Waals surface area contributed by atoms with Gasteiger partial charge in [-0.2, -0.15) is 0 Å². The average molecular weight is 638 g/mol. The number of nitrogens with two attached hydrogens (primary N) is 1. The first-order chi connectivity index (χ1) is 20.7. The molecule has 1 fully saturated rings. The predicted octanol–water partition coefficient (Wildman–Crippen LogP) is 1.93. The zero-order valence-corrected chi connectivity index (χ0v) is 26.2. The number of benzene rings is 2. The van der Waals surface area contributed by atoms with Gasteiger partial charge in [0.15, 0.2) is 9.84 Å². The van der Waals surface area contributed by atoms with Gasteiger partial charge >= 0.3 is 0 Å². The van der Waals surface area contributed by atoms with Gasteiger partial charge in [-0.25, -0.2) is 8.42 Å². The maximum Gasteiger partial charge on any atom is 0.251 e. The van der Waals surface area contributed by atoms with E-state index >= 15 is 0 Å². The van der Waals surface area contributed by atoms with Gasteiger partial charge in [-0.1, -0.05) is 44.2 Å². The number of likely N-dealkylation sites (tertiary alicyclic amines) is 1. The number of amides is 3. The van der Waals surface area contributed by atoms with Crippen molar-refractivity contribution in [3.8, 4) is 11.1 Å². The van der Waals surface area contributed by atoms with Crippen molar-refractivity contribution >= 4 is 44.7 Å². The van der Waals surface area contributed by atoms with Crippen molar-refractivity contribution in [2.75, 3.05) is 26.0 Å². The highest BCUT2D eigenvalue weighted by atomic mass is 32.2. The highest BCUT2D eigenvalue weighted by molar-refractivity contribution is 7.91. The highest BCUT2D eigenvalue weighted by Crippen LogP contribution is 2.48. The van der Waals surface area contributed by atoms with Gasteiger partial charge < -0.3 is 26.4 Å². The van der Waals surface area contributed by atoms with Crippen molar-refractivity contribution < 1.29 is 27.9 Å². The number of nitrogens with one attached hydrogen (secondary N) is 3. The summed E-state index contributed by atoms with van der Waals surface area (Å²) in [4.78, 5) is 41.6. The van der Waals surface area contributed by atoms with E-state index in [1.807, 2.05) is 30.3 Å². The Morgan fingerprint density at radius 1 is 1.11 bits per heavy atom. The van der Waals surface area contributed by atoms with E-state index in [-0.39, 0.29) is 24.2 Å². The second kappa shape index (κ2) is 11.8. The SMILES string of the molecule is CC1(C)c2ccccc2-c2cc(C(=O)NCC(=O)N3CC(S(C)(=O)=O)C[C@H]3C(=O)N[C@H](CO)c3cc(C(=N)N)cs3)ccc21. The number of nitrogen functional groups attached to an aromatic ring is 1. The Morgan fingerprint density at radius 3 is 2.48 bits per heavy atom. The van der Waals surface area contributed by atoms with E-state index in [1.165, 1.54) is 21.8 Å². The molecule has 1 aliphatic carbocycles. The number of carbonyl (C=O) groups excluding carboxylic acids is 3. The molecule has 1 saturated heterocycles. The summed E-state index contributed by atoms with van der Waals surface area (Å²) >= 11 is 1.20. The minimum atomic E-state index is -3.59. The molecular formula is C31H35N5O6S2. The number of sulfone groups is 1. The topological polar surface area (TPSA) is 183 Å². The number of rotatable bonds is 9. The summed E-state index contributed by atoms with van der Waals surface area (Å²) in [6, 6.07) is 13.1. The molecule has 11 nitrogen and oxygen atoms in total. The second-order valence-electron chi connectivity index (χ2n) is 11.8. The van der Waals surface area contributed by atoms with Gasteiger partial charge in [0.1, 0.15) is 11.9 Å². The summed E-state index contributed by atoms with van der Waals surface area (Å²) in [5.41, 5.74) is 10.4. The lowest BCUT2D eigenvalue weighted by molar-refractivity contribution is -0.138. The standard InChI is InChI=1S/C31H35N5O6S2/c1-31(2)22-7-5-4-6-20(22)21-10-17(8-9-23(21)31)29(39)34-13-27(38)36-14-19(44(3,41)42)12-25(36)30(40)35-24(15-37)26-11-18(16-43-26)28(32)33/h4-11,16,19,24-25,37H,12-15H2,1-3H3,(H3,32,33)(H,34,39)(H,35,40)/t19?,24-,25+/m1/s1. The van der Waals surface area contributed by atoms with Crippen LogP contribution in [0.3, 0.4) is 0 Å². The number of aliphatic hydroxyl groups excluding tert-OH is 1. The summed E-state index contributed by atoms with van der Waals surface area (Å²) in [6.45, 7) is 3.17. The van der Waals surface area contributed by atoms with Crippen LogP contribution in [0.1, 0.15) is 58.2 Å². The van der Waals surface area contributed by atoms with E-state index in [2.05, 4.69) is 30.5 Å². The minimum absolute atomic E-state index is 0.119. The van der Waals surface area contributed by atoms with Crippen molar-refractivity contribution in [1.82, 2.24) is 15.5 Å². The Morgan fingerprint density at radius 2 is 1.82 bits per heavy atom. The Bertz CT molecular complexity index is 1770. The van der Waals surface area contributed by atoms with Crippen LogP contribution in [0.5, 0.6) is 0 Å². The molecule has 0 saturated carbocycles. The lowest BCUT2D eigenvalue weighted by atomic mass is 9.82. The Balaban J connectivity index is 1.30. The Labute approximate surface area is 259 Å². The van der Waals surface area contributed by atoms with Crippen molar-refractivity contribution in [1.29, 1.82) is 5.41 Å². The Hall–Kier alpha value is -4.07. The molecule has 232 valence electrons. The van der Waals surface area contributed by atoms with Crippen LogP contribution in [0.25, 0.3) is 11.1 Å². The fraction of sp³-hybridized carbons (Fsp3) is 0.355. The van der Waals surface area contributed by atoms with Crippen molar-refractivity contribution in [2.24, 2.45) is 5.73 Å². The van der Waals surface area contributed by atoms with E-state index in [1.54, 1.807) is 17.5 Å². The minimum Gasteiger partial charge on any atom is -0.394 e. The smallest absolute Gasteiger partial charge is 0.251 e. The first kappa shape index (κ1) is 31.4. The molecule has 6 N–H and O–H groups in total. The van der Waals surface area contributed by atoms with Crippen molar-refractivity contribution in [2.45, 2.75) is 43.0 Å². The number of carbonyl (C=O) groups is 3. The van der Waals surface area contributed by atoms with Crippen molar-refractivity contribution in [3.05, 3.63) is 81.0 Å². The number of thiophene rings is 1. The molecule has 1 unspecified atom stereocenters. The average Bonchev–Trinajstić information content (AvgIpc) is 3.71. The van der Waals surface area contributed by atoms with Crippen LogP contribution >= 0.6 is 11.3 Å². The van der Waals surface area contributed by atoms with Crippen LogP contribution in [-0.4, -0.2) is 79.2 Å². The first-order valence-electron chi connectivity index (χ1n) is 14.1. The van der Waals surface area contributed by atoms with Gasteiger partial charge in [0.2, 0.25) is 11.8 Å². The number of fused-ring (bicyclic) bond motifs is 3. The third-order valence-electron chi connectivity index (χ3n) is 8.51. The number of aliphatic hydroxyl groups is 1. The largest absolute Gasteiger partial charge is 0.394 e. The number of hydrogen-bond donors (Lipinski definition) is 5. The molecule has 3 atom stereocenters. The lowest BCUT2D eigenvalue weighted by Gasteiger charge is -2.26. The third-order valence-corrected chi connectivity index (χ3v) is 11.1. The third kappa shape index (κ3) is 5.86. The van der Waals surface area contributed by atoms with Crippen LogP contribution in [0.2, 0.25) is 0 Å². The van der Waals surface area contributed by atoms with Gasteiger partial charge in [-0.15, -0.1) is 11.3 Å². The highest BCUT2D eigenvalue weighted by Gasteiger charge is 2.44. The molecule has 1 aromatic heterocycles. The number of nitrogens with zero attached hydrogens (tertiary/aromatic N) is 1. The lowest BCUT2D eigenvalue weighted by Crippen LogP contribution is -2.49. The van der Waals surface area contributed by atoms with E-state index in [0.717, 1.165) is 22.9 Å². The van der Waals surface area contributed by atoms with Crippen LogP contribution < -0.4 is 16.4 Å². The molecule has 0 spiro atoms. The molecule has 2 heterocycles. The van der Waals surface area contributed by atoms with Gasteiger partial charge in [0.25, 0.3) is 5.91 Å². The molecule has 0 bridgehead atoms. The van der Waals surface area contributed by atoms with E-state index in [0.29, 0.717) is 16.0 Å². The van der Waals surface area contributed by atoms with Crippen LogP contribution in [0.15, 0.2) is 53.9 Å². The summed E-state index contributed by atoms with van der Waals surface area (Å²) in [6.07, 6.45) is 0.937. The van der Waals surface area contributed by atoms with E-state index < -0.39 is 58.0 Å². The first-order valence-corrected chi connectivity index (χ1v) is 16.9. The molecule has 2 aromatic carbocycles. The summed E-state index contributed by atoms with van der Waals surface area (Å²) in [5, 5.41) is 23.5. The molecule has 1 aliphatic heterocycles. The fourth-order valence-electron chi connectivity index (χ4n) is 6.00. The van der Waals surface area contributed by atoms with E-state index in [9.17, 15) is 27.9 Å². The second-order valence-corrected chi connectivity index (χ2v) is 15.0. The van der Waals surface area contributed by atoms with Crippen molar-refractivity contribution in [3.63, 3.8) is 0 Å². The van der Waals surface area contributed by atoms with Crippen LogP contribution in [0.4, 0.5) is 0 Å². The zero-order chi connectivity index (χ0) is 32.0. The summed E-state index contributed by atoms with van der Waals surface area (Å²) in [7, 11) is -3.59. The molecule has 44 heavy (non-hydrogen) atoms. The maximum absolute atomic E-state index is 13.4. The van der Waals surface area contributed by atoms with Crippen LogP contribution in [0, 0.1) is 5.41 Å². The normalized spacial score (nSPS) is 19.1. The molecule has 13 heteroatoms. The van der Waals surface area contributed by atoms with Crippen LogP contribution in [-0.2, 0) is 24.8 Å². The summed E-state index contributed by atoms with van der Waals surface area (Å²) < 4.78 is 24.8. The summed E-state index contributed by atoms with van der Waals surface area (Å²) in [5.74, 6) is -1.86. The molecule has 3 amide bonds. The molecule has 0 radical (unpaired) electrons. The quantitative estimate of drug-likeness (QED) is 0.175. The predicted molar refractivity (Wildman–Crippen MR) is 168 cm³/mol. The molecule has 2 aliphatic rings. The fourth-order valence-corrected chi connectivity index (χ4v) is 7.92. The van der Waals surface area contributed by atoms with E-state index in [4.69, 9.17) is 11.1 Å².